The number of imidazole rings is 1. The highest BCUT2D eigenvalue weighted by molar-refractivity contribution is 5.78. The van der Waals surface area contributed by atoms with Crippen LogP contribution in [0.5, 0.6) is 5.75 Å². The molecule has 1 heterocycles. The van der Waals surface area contributed by atoms with Crippen LogP contribution in [-0.2, 0) is 23.9 Å². The summed E-state index contributed by atoms with van der Waals surface area (Å²) in [5.41, 5.74) is 2.58. The Labute approximate surface area is 159 Å². The predicted octanol–water partition coefficient (Wildman–Crippen LogP) is 2.72. The summed E-state index contributed by atoms with van der Waals surface area (Å²) in [6.07, 6.45) is 0. The number of aryl methyl sites for hydroxylation is 1. The van der Waals surface area contributed by atoms with E-state index in [4.69, 9.17) is 9.72 Å². The average molecular weight is 366 g/mol. The van der Waals surface area contributed by atoms with Gasteiger partial charge >= 0.3 is 0 Å². The van der Waals surface area contributed by atoms with E-state index in [-0.39, 0.29) is 12.5 Å². The molecule has 0 aliphatic rings. The zero-order valence-corrected chi connectivity index (χ0v) is 16.2. The molecule has 0 aliphatic carbocycles. The Kier molecular flexibility index (Phi) is 5.46. The van der Waals surface area contributed by atoms with E-state index in [9.17, 15) is 4.79 Å². The minimum atomic E-state index is -0.443. The molecule has 1 amide bonds. The Morgan fingerprint density at radius 2 is 1.96 bits per heavy atom. The van der Waals surface area contributed by atoms with Gasteiger partial charge in [-0.3, -0.25) is 10.1 Å². The summed E-state index contributed by atoms with van der Waals surface area (Å²) in [7, 11) is 3.63. The third-order valence-electron chi connectivity index (χ3n) is 4.66. The second kappa shape index (κ2) is 7.80. The Morgan fingerprint density at radius 1 is 1.19 bits per heavy atom. The number of methoxy groups -OCH3 is 1. The summed E-state index contributed by atoms with van der Waals surface area (Å²) in [6, 6.07) is 15.7. The lowest BCUT2D eigenvalue weighted by Gasteiger charge is -2.25. The van der Waals surface area contributed by atoms with E-state index in [1.807, 2.05) is 69.4 Å². The van der Waals surface area contributed by atoms with Gasteiger partial charge in [-0.1, -0.05) is 24.3 Å². The number of rotatable bonds is 7. The summed E-state index contributed by atoms with van der Waals surface area (Å²) in [5.74, 6) is 1.61. The van der Waals surface area contributed by atoms with Crippen LogP contribution in [0.4, 0.5) is 0 Å². The fourth-order valence-electron chi connectivity index (χ4n) is 3.13. The lowest BCUT2D eigenvalue weighted by Crippen LogP contribution is -2.44. The molecule has 2 aromatic carbocycles. The van der Waals surface area contributed by atoms with Crippen LogP contribution in [0.3, 0.4) is 0 Å². The second-order valence-corrected chi connectivity index (χ2v) is 7.09. The molecule has 142 valence electrons. The number of amides is 1. The molecule has 3 aromatic rings. The Balaban J connectivity index is 1.60. The maximum atomic E-state index is 12.3. The van der Waals surface area contributed by atoms with Crippen molar-refractivity contribution in [2.24, 2.45) is 7.05 Å². The van der Waals surface area contributed by atoms with Crippen LogP contribution in [0.15, 0.2) is 48.5 Å². The van der Waals surface area contributed by atoms with E-state index in [0.29, 0.717) is 6.54 Å². The molecule has 0 saturated heterocycles. The maximum Gasteiger partial charge on any atom is 0.234 e. The van der Waals surface area contributed by atoms with Crippen molar-refractivity contribution in [2.45, 2.75) is 25.9 Å². The molecule has 3 rings (SSSR count). The van der Waals surface area contributed by atoms with E-state index in [1.165, 1.54) is 0 Å². The topological polar surface area (TPSA) is 68.2 Å². The van der Waals surface area contributed by atoms with Gasteiger partial charge in [0.1, 0.15) is 11.6 Å². The lowest BCUT2D eigenvalue weighted by molar-refractivity contribution is -0.120. The van der Waals surface area contributed by atoms with E-state index >= 15 is 0 Å². The minimum absolute atomic E-state index is 0.0651. The third kappa shape index (κ3) is 4.28. The SMILES string of the molecule is COc1cccc(CNC(=O)CNC(C)(C)c2nc3ccccc3n2C)c1. The number of hydrogen-bond acceptors (Lipinski definition) is 4. The van der Waals surface area contributed by atoms with Gasteiger partial charge < -0.3 is 14.6 Å². The van der Waals surface area contributed by atoms with Crippen molar-refractivity contribution in [1.82, 2.24) is 20.2 Å². The van der Waals surface area contributed by atoms with Crippen molar-refractivity contribution in [2.75, 3.05) is 13.7 Å². The van der Waals surface area contributed by atoms with Gasteiger partial charge in [-0.2, -0.15) is 0 Å². The highest BCUT2D eigenvalue weighted by Crippen LogP contribution is 2.23. The van der Waals surface area contributed by atoms with Crippen LogP contribution < -0.4 is 15.4 Å². The van der Waals surface area contributed by atoms with Crippen LogP contribution in [0.1, 0.15) is 25.2 Å². The molecule has 6 heteroatoms. The standard InChI is InChI=1S/C21H26N4O2/c1-21(2,20-24-17-10-5-6-11-18(17)25(20)3)23-14-19(26)22-13-15-8-7-9-16(12-15)27-4/h5-12,23H,13-14H2,1-4H3,(H,22,26). The number of para-hydroxylation sites is 2. The van der Waals surface area contributed by atoms with Crippen molar-refractivity contribution in [1.29, 1.82) is 0 Å². The second-order valence-electron chi connectivity index (χ2n) is 7.09. The first-order valence-electron chi connectivity index (χ1n) is 8.97. The maximum absolute atomic E-state index is 12.3. The first-order chi connectivity index (χ1) is 12.9. The molecule has 0 unspecified atom stereocenters. The van der Waals surface area contributed by atoms with Crippen LogP contribution in [0.2, 0.25) is 0 Å². The highest BCUT2D eigenvalue weighted by atomic mass is 16.5. The summed E-state index contributed by atoms with van der Waals surface area (Å²) in [4.78, 5) is 17.0. The number of benzene rings is 2. The molecule has 27 heavy (non-hydrogen) atoms. The zero-order chi connectivity index (χ0) is 19.4. The van der Waals surface area contributed by atoms with Crippen molar-refractivity contribution in [3.05, 3.63) is 59.9 Å². The molecule has 1 aromatic heterocycles. The molecule has 0 aliphatic heterocycles. The fourth-order valence-corrected chi connectivity index (χ4v) is 3.13. The summed E-state index contributed by atoms with van der Waals surface area (Å²) >= 11 is 0. The predicted molar refractivity (Wildman–Crippen MR) is 107 cm³/mol. The van der Waals surface area contributed by atoms with Gasteiger partial charge in [0.15, 0.2) is 0 Å². The first kappa shape index (κ1) is 18.9. The average Bonchev–Trinajstić information content (AvgIpc) is 3.03. The number of ether oxygens (including phenoxy) is 1. The minimum Gasteiger partial charge on any atom is -0.497 e. The van der Waals surface area contributed by atoms with Crippen LogP contribution in [0.25, 0.3) is 11.0 Å². The molecule has 0 atom stereocenters. The van der Waals surface area contributed by atoms with Crippen LogP contribution in [-0.4, -0.2) is 29.1 Å². The number of aromatic nitrogens is 2. The monoisotopic (exact) mass is 366 g/mol. The van der Waals surface area contributed by atoms with E-state index < -0.39 is 5.54 Å². The number of fused-ring (bicyclic) bond motifs is 1. The smallest absolute Gasteiger partial charge is 0.234 e. The van der Waals surface area contributed by atoms with Crippen LogP contribution in [0, 0.1) is 0 Å². The molecule has 0 spiro atoms. The Morgan fingerprint density at radius 3 is 2.70 bits per heavy atom. The van der Waals surface area contributed by atoms with Crippen molar-refractivity contribution in [3.8, 4) is 5.75 Å². The quantitative estimate of drug-likeness (QED) is 0.675. The van der Waals surface area contributed by atoms with Crippen LogP contribution >= 0.6 is 0 Å². The van der Waals surface area contributed by atoms with Gasteiger partial charge in [-0.05, 0) is 43.7 Å². The molecule has 2 N–H and O–H groups in total. The highest BCUT2D eigenvalue weighted by Gasteiger charge is 2.26. The molecule has 0 radical (unpaired) electrons. The lowest BCUT2D eigenvalue weighted by atomic mass is 10.0. The molecular formula is C21H26N4O2. The summed E-state index contributed by atoms with van der Waals surface area (Å²) < 4.78 is 7.27. The fraction of sp³-hybridized carbons (Fsp3) is 0.333. The van der Waals surface area contributed by atoms with Crippen molar-refractivity contribution in [3.63, 3.8) is 0 Å². The molecule has 6 nitrogen and oxygen atoms in total. The molecular weight excluding hydrogens is 340 g/mol. The first-order valence-corrected chi connectivity index (χ1v) is 8.97. The van der Waals surface area contributed by atoms with Gasteiger partial charge in [-0.25, -0.2) is 4.98 Å². The summed E-state index contributed by atoms with van der Waals surface area (Å²) in [6.45, 7) is 4.73. The van der Waals surface area contributed by atoms with Gasteiger partial charge in [-0.15, -0.1) is 0 Å². The number of hydrogen-bond donors (Lipinski definition) is 2. The third-order valence-corrected chi connectivity index (χ3v) is 4.66. The van der Waals surface area contributed by atoms with Gasteiger partial charge in [0, 0.05) is 13.6 Å². The molecule has 0 bridgehead atoms. The number of nitrogens with one attached hydrogen (secondary N) is 2. The Bertz CT molecular complexity index is 946. The summed E-state index contributed by atoms with van der Waals surface area (Å²) in [5, 5.41) is 6.25. The normalized spacial score (nSPS) is 11.6. The largest absolute Gasteiger partial charge is 0.497 e. The number of carbonyl (C=O) groups is 1. The number of carbonyl (C=O) groups excluding carboxylic acids is 1. The Hall–Kier alpha value is -2.86. The van der Waals surface area contributed by atoms with Gasteiger partial charge in [0.2, 0.25) is 5.91 Å². The van der Waals surface area contributed by atoms with E-state index in [2.05, 4.69) is 15.2 Å². The zero-order valence-electron chi connectivity index (χ0n) is 16.2. The van der Waals surface area contributed by atoms with Crippen molar-refractivity contribution < 1.29 is 9.53 Å². The van der Waals surface area contributed by atoms with Crippen molar-refractivity contribution >= 4 is 16.9 Å². The van der Waals surface area contributed by atoms with Gasteiger partial charge in [0.05, 0.1) is 30.2 Å². The van der Waals surface area contributed by atoms with E-state index in [1.54, 1.807) is 7.11 Å². The molecule has 0 fully saturated rings. The van der Waals surface area contributed by atoms with E-state index in [0.717, 1.165) is 28.2 Å². The molecule has 0 saturated carbocycles. The van der Waals surface area contributed by atoms with Gasteiger partial charge in [0.25, 0.3) is 0 Å². The number of nitrogens with zero attached hydrogens (tertiary/aromatic N) is 2.